The summed E-state index contributed by atoms with van der Waals surface area (Å²) in [4.78, 5) is 9.08. The maximum absolute atomic E-state index is 5.03. The minimum absolute atomic E-state index is 0.765. The molecule has 2 rings (SSSR count). The van der Waals surface area contributed by atoms with E-state index >= 15 is 0 Å². The zero-order valence-electron chi connectivity index (χ0n) is 6.07. The van der Waals surface area contributed by atoms with Crippen molar-refractivity contribution >= 4 is 23.6 Å². The van der Waals surface area contributed by atoms with Gasteiger partial charge in [-0.05, 0) is 6.08 Å². The van der Waals surface area contributed by atoms with Crippen molar-refractivity contribution in [3.05, 3.63) is 15.4 Å². The van der Waals surface area contributed by atoms with Crippen molar-refractivity contribution in [2.45, 2.75) is 0 Å². The highest BCUT2D eigenvalue weighted by atomic mass is 32.1. The molecule has 0 bridgehead atoms. The molecule has 0 saturated heterocycles. The fraction of sp³-hybridized carbons (Fsp3) is 0.286. The van der Waals surface area contributed by atoms with Gasteiger partial charge in [-0.3, -0.25) is 9.90 Å². The van der Waals surface area contributed by atoms with Crippen molar-refractivity contribution in [2.75, 3.05) is 13.7 Å². The minimum atomic E-state index is 0.765. The molecule has 0 spiro atoms. The maximum atomic E-state index is 5.03. The van der Waals surface area contributed by atoms with E-state index in [1.807, 2.05) is 12.3 Å². The van der Waals surface area contributed by atoms with Crippen LogP contribution in [0.5, 0.6) is 0 Å². The Morgan fingerprint density at radius 1 is 1.82 bits per heavy atom. The molecule has 11 heavy (non-hydrogen) atoms. The Balaban J connectivity index is 2.53. The van der Waals surface area contributed by atoms with Gasteiger partial charge < -0.3 is 0 Å². The van der Waals surface area contributed by atoms with E-state index in [0.29, 0.717) is 0 Å². The summed E-state index contributed by atoms with van der Waals surface area (Å²) in [5.41, 5.74) is 2.83. The summed E-state index contributed by atoms with van der Waals surface area (Å²) in [6.45, 7) is 0.765. The molecule has 0 aromatic carbocycles. The van der Waals surface area contributed by atoms with Crippen LogP contribution in [0, 0.1) is 5.51 Å². The highest BCUT2D eigenvalue weighted by Gasteiger charge is 2.01. The molecule has 1 aromatic rings. The normalized spacial score (nSPS) is 15.2. The Kier molecular flexibility index (Phi) is 1.63. The van der Waals surface area contributed by atoms with Crippen LogP contribution >= 0.6 is 11.3 Å². The van der Waals surface area contributed by atoms with E-state index in [1.165, 1.54) is 11.3 Å². The van der Waals surface area contributed by atoms with Crippen molar-refractivity contribution in [2.24, 2.45) is 0 Å². The first-order valence-corrected chi connectivity index (χ1v) is 4.07. The monoisotopic (exact) mass is 167 g/mol. The molecule has 2 heterocycles. The second-order valence-electron chi connectivity index (χ2n) is 2.17. The van der Waals surface area contributed by atoms with E-state index in [2.05, 4.69) is 10.5 Å². The van der Waals surface area contributed by atoms with Crippen molar-refractivity contribution in [1.29, 1.82) is 0 Å². The fourth-order valence-electron chi connectivity index (χ4n) is 0.954. The molecule has 57 valence electrons. The van der Waals surface area contributed by atoms with Gasteiger partial charge in [-0.2, -0.15) is 0 Å². The zero-order valence-corrected chi connectivity index (χ0v) is 6.89. The van der Waals surface area contributed by atoms with Gasteiger partial charge >= 0.3 is 0 Å². The first kappa shape index (κ1) is 6.82. The van der Waals surface area contributed by atoms with Gasteiger partial charge in [-0.15, -0.1) is 11.3 Å². The number of thiazole rings is 1. The highest BCUT2D eigenvalue weighted by Crippen LogP contribution is 1.93. The van der Waals surface area contributed by atoms with Gasteiger partial charge in [-0.1, -0.05) is 0 Å². The van der Waals surface area contributed by atoms with E-state index in [-0.39, 0.29) is 0 Å². The molecule has 0 aliphatic carbocycles. The Morgan fingerprint density at radius 3 is 3.55 bits per heavy atom. The first-order valence-electron chi connectivity index (χ1n) is 3.26. The lowest BCUT2D eigenvalue weighted by molar-refractivity contribution is -0.0583. The molecule has 1 aliphatic heterocycles. The summed E-state index contributed by atoms with van der Waals surface area (Å²) in [5, 5.41) is 2.78. The van der Waals surface area contributed by atoms with Crippen LogP contribution in [-0.2, 0) is 4.84 Å². The lowest BCUT2D eigenvalue weighted by Gasteiger charge is -2.15. The number of aromatic nitrogens is 1. The van der Waals surface area contributed by atoms with Crippen LogP contribution in [0.4, 0.5) is 0 Å². The Morgan fingerprint density at radius 2 is 2.73 bits per heavy atom. The lowest BCUT2D eigenvalue weighted by Crippen LogP contribution is -2.32. The third-order valence-electron chi connectivity index (χ3n) is 1.53. The molecule has 0 amide bonds. The van der Waals surface area contributed by atoms with Crippen molar-refractivity contribution < 1.29 is 4.84 Å². The molecule has 0 unspecified atom stereocenters. The van der Waals surface area contributed by atoms with Gasteiger partial charge in [0.25, 0.3) is 0 Å². The van der Waals surface area contributed by atoms with Crippen LogP contribution in [0.3, 0.4) is 0 Å². The predicted octanol–water partition coefficient (Wildman–Crippen LogP) is -0.661. The quantitative estimate of drug-likeness (QED) is 0.555. The number of hydrogen-bond donors (Lipinski definition) is 0. The second-order valence-corrected chi connectivity index (χ2v) is 3.00. The number of fused-ring (bicyclic) bond motifs is 1. The molecule has 0 N–H and O–H groups in total. The Labute approximate surface area is 68.2 Å². The summed E-state index contributed by atoms with van der Waals surface area (Å²) in [6, 6.07) is 0. The Hall–Kier alpha value is -0.870. The van der Waals surface area contributed by atoms with Crippen LogP contribution < -0.4 is 9.88 Å². The summed E-state index contributed by atoms with van der Waals surface area (Å²) in [6.07, 6.45) is 3.95. The van der Waals surface area contributed by atoms with Crippen LogP contribution in [0.15, 0.2) is 0 Å². The van der Waals surface area contributed by atoms with Gasteiger partial charge in [0.2, 0.25) is 0 Å². The van der Waals surface area contributed by atoms with E-state index in [1.54, 1.807) is 12.2 Å². The standard InChI is InChI=1S/C7H7N2OS/c1-10-9-3-2-6-7(4-9)11-5-8-6/h2,4H,3H2,1H3. The maximum Gasteiger partial charge on any atom is 0.153 e. The van der Waals surface area contributed by atoms with Crippen molar-refractivity contribution in [3.8, 4) is 0 Å². The number of rotatable bonds is 1. The smallest absolute Gasteiger partial charge is 0.153 e. The molecule has 1 radical (unpaired) electrons. The third kappa shape index (κ3) is 1.15. The topological polar surface area (TPSA) is 25.4 Å². The van der Waals surface area contributed by atoms with Crippen LogP contribution in [-0.4, -0.2) is 23.7 Å². The highest BCUT2D eigenvalue weighted by molar-refractivity contribution is 7.06. The number of nitrogens with zero attached hydrogens (tertiary/aromatic N) is 2. The van der Waals surface area contributed by atoms with Gasteiger partial charge in [0.05, 0.1) is 23.5 Å². The summed E-state index contributed by atoms with van der Waals surface area (Å²) in [5.74, 6) is 0. The number of hydrogen-bond acceptors (Lipinski definition) is 4. The lowest BCUT2D eigenvalue weighted by atomic mass is 10.4. The average molecular weight is 167 g/mol. The largest absolute Gasteiger partial charge is 0.277 e. The molecule has 1 aliphatic rings. The molecule has 4 heteroatoms. The zero-order chi connectivity index (χ0) is 7.68. The molecule has 0 saturated carbocycles. The molecule has 0 atom stereocenters. The van der Waals surface area contributed by atoms with Crippen LogP contribution in [0.1, 0.15) is 0 Å². The van der Waals surface area contributed by atoms with Crippen LogP contribution in [0.2, 0.25) is 0 Å². The minimum Gasteiger partial charge on any atom is -0.277 e. The molecular weight excluding hydrogens is 160 g/mol. The van der Waals surface area contributed by atoms with Crippen molar-refractivity contribution in [1.82, 2.24) is 10.0 Å². The molecule has 3 nitrogen and oxygen atoms in total. The summed E-state index contributed by atoms with van der Waals surface area (Å²) >= 11 is 1.50. The van der Waals surface area contributed by atoms with E-state index in [0.717, 1.165) is 16.4 Å². The average Bonchev–Trinajstić information content (AvgIpc) is 2.50. The van der Waals surface area contributed by atoms with E-state index < -0.39 is 0 Å². The first-order chi connectivity index (χ1) is 5.40. The van der Waals surface area contributed by atoms with E-state index in [4.69, 9.17) is 4.84 Å². The SMILES string of the molecule is CON1C=c2s[c]nc2=CC1. The van der Waals surface area contributed by atoms with Gasteiger partial charge in [0, 0.05) is 6.20 Å². The summed E-state index contributed by atoms with van der Waals surface area (Å²) < 4.78 is 1.11. The third-order valence-corrected chi connectivity index (χ3v) is 2.25. The van der Waals surface area contributed by atoms with E-state index in [9.17, 15) is 0 Å². The van der Waals surface area contributed by atoms with Gasteiger partial charge in [0.15, 0.2) is 5.51 Å². The Bertz CT molecular complexity index is 357. The van der Waals surface area contributed by atoms with Crippen LogP contribution in [0.25, 0.3) is 12.3 Å². The molecular formula is C7H7N2OS. The van der Waals surface area contributed by atoms with Gasteiger partial charge in [0.1, 0.15) is 0 Å². The number of hydroxylamine groups is 2. The molecule has 1 aromatic heterocycles. The fourth-order valence-corrected chi connectivity index (χ4v) is 1.60. The summed E-state index contributed by atoms with van der Waals surface area (Å²) in [7, 11) is 1.65. The predicted molar refractivity (Wildman–Crippen MR) is 42.8 cm³/mol. The second kappa shape index (κ2) is 2.64. The van der Waals surface area contributed by atoms with Crippen molar-refractivity contribution in [3.63, 3.8) is 0 Å². The van der Waals surface area contributed by atoms with Gasteiger partial charge in [-0.25, -0.2) is 4.98 Å². The molecule has 0 fully saturated rings.